The van der Waals surface area contributed by atoms with Crippen LogP contribution in [0.1, 0.15) is 52.3 Å². The first-order valence-corrected chi connectivity index (χ1v) is 10.00. The van der Waals surface area contributed by atoms with Gasteiger partial charge in [-0.3, -0.25) is 0 Å². The minimum atomic E-state index is -0.277. The van der Waals surface area contributed by atoms with Crippen molar-refractivity contribution in [3.8, 4) is 11.1 Å². The fourth-order valence-electron chi connectivity index (χ4n) is 3.77. The maximum atomic E-state index is 12.9. The van der Waals surface area contributed by atoms with Crippen molar-refractivity contribution >= 4 is 39.9 Å². The predicted molar refractivity (Wildman–Crippen MR) is 114 cm³/mol. The molecule has 4 rings (SSSR count). The summed E-state index contributed by atoms with van der Waals surface area (Å²) < 4.78 is 5.57. The number of thiophene rings is 1. The van der Waals surface area contributed by atoms with E-state index in [1.165, 1.54) is 22.4 Å². The Labute approximate surface area is 170 Å². The largest absolute Gasteiger partial charge is 0.459 e. The molecule has 0 saturated heterocycles. The van der Waals surface area contributed by atoms with Crippen LogP contribution in [0.2, 0.25) is 0 Å². The summed E-state index contributed by atoms with van der Waals surface area (Å²) in [5.41, 5.74) is 6.01. The molecule has 3 aromatic rings. The SMILES string of the molecule is Cc1ccc(-c2c(C(=O)OC(C)C)c(C)nc3sc4c(c23)CCC4)cc1.Cl. The average Bonchev–Trinajstić information content (AvgIpc) is 3.14. The summed E-state index contributed by atoms with van der Waals surface area (Å²) in [6, 6.07) is 8.41. The van der Waals surface area contributed by atoms with Gasteiger partial charge in [0.15, 0.2) is 0 Å². The first kappa shape index (κ1) is 19.8. The first-order valence-electron chi connectivity index (χ1n) is 9.18. The molecule has 1 aliphatic rings. The number of ether oxygens (including phenoxy) is 1. The Kier molecular flexibility index (Phi) is 5.59. The molecule has 2 heterocycles. The van der Waals surface area contributed by atoms with Crippen molar-refractivity contribution in [2.45, 2.75) is 53.1 Å². The van der Waals surface area contributed by atoms with Gasteiger partial charge in [-0.05, 0) is 58.1 Å². The maximum absolute atomic E-state index is 12.9. The van der Waals surface area contributed by atoms with E-state index >= 15 is 0 Å². The van der Waals surface area contributed by atoms with Crippen LogP contribution in [0.25, 0.3) is 21.3 Å². The van der Waals surface area contributed by atoms with Crippen molar-refractivity contribution in [2.75, 3.05) is 0 Å². The molecule has 0 spiro atoms. The Hall–Kier alpha value is -1.91. The van der Waals surface area contributed by atoms with E-state index in [9.17, 15) is 4.79 Å². The van der Waals surface area contributed by atoms with E-state index in [1.807, 2.05) is 20.8 Å². The lowest BCUT2D eigenvalue weighted by molar-refractivity contribution is 0.0377. The number of aromatic nitrogens is 1. The summed E-state index contributed by atoms with van der Waals surface area (Å²) in [6.07, 6.45) is 3.22. The molecule has 0 amide bonds. The number of carbonyl (C=O) groups is 1. The Balaban J connectivity index is 0.00000210. The van der Waals surface area contributed by atoms with E-state index in [-0.39, 0.29) is 24.5 Å². The molecule has 27 heavy (non-hydrogen) atoms. The second kappa shape index (κ2) is 7.61. The lowest BCUT2D eigenvalue weighted by Gasteiger charge is -2.16. The molecular formula is C22H24ClNO2S. The third kappa shape index (κ3) is 3.48. The quantitative estimate of drug-likeness (QED) is 0.501. The molecule has 0 saturated carbocycles. The van der Waals surface area contributed by atoms with E-state index in [4.69, 9.17) is 9.72 Å². The van der Waals surface area contributed by atoms with Gasteiger partial charge >= 0.3 is 5.97 Å². The average molecular weight is 402 g/mol. The summed E-state index contributed by atoms with van der Waals surface area (Å²) in [5, 5.41) is 1.16. The molecule has 142 valence electrons. The number of nitrogens with zero attached hydrogens (tertiary/aromatic N) is 1. The highest BCUT2D eigenvalue weighted by atomic mass is 35.5. The Bertz CT molecular complexity index is 1010. The highest BCUT2D eigenvalue weighted by Crippen LogP contribution is 2.43. The summed E-state index contributed by atoms with van der Waals surface area (Å²) in [7, 11) is 0. The number of hydrogen-bond acceptors (Lipinski definition) is 4. The van der Waals surface area contributed by atoms with Crippen LogP contribution >= 0.6 is 23.7 Å². The normalized spacial score (nSPS) is 12.9. The summed E-state index contributed by atoms with van der Waals surface area (Å²) in [4.78, 5) is 20.2. The fourth-order valence-corrected chi connectivity index (χ4v) is 5.09. The Morgan fingerprint density at radius 1 is 1.15 bits per heavy atom. The van der Waals surface area contributed by atoms with Gasteiger partial charge in [0.25, 0.3) is 0 Å². The van der Waals surface area contributed by atoms with Gasteiger partial charge in [-0.1, -0.05) is 29.8 Å². The van der Waals surface area contributed by atoms with Crippen LogP contribution < -0.4 is 0 Å². The van der Waals surface area contributed by atoms with E-state index in [1.54, 1.807) is 11.3 Å². The Morgan fingerprint density at radius 2 is 1.85 bits per heavy atom. The van der Waals surface area contributed by atoms with Crippen LogP contribution in [0.3, 0.4) is 0 Å². The van der Waals surface area contributed by atoms with Crippen molar-refractivity contribution in [1.29, 1.82) is 0 Å². The second-order valence-corrected chi connectivity index (χ2v) is 8.39. The van der Waals surface area contributed by atoms with E-state index < -0.39 is 0 Å². The van der Waals surface area contributed by atoms with Gasteiger partial charge in [0.1, 0.15) is 4.83 Å². The standard InChI is InChI=1S/C22H23NO2S.ClH/c1-12(2)25-22(24)18-14(4)23-21-20(16-6-5-7-17(16)26-21)19(18)15-10-8-13(3)9-11-15;/h8-12H,5-7H2,1-4H3;1H. The van der Waals surface area contributed by atoms with Crippen molar-refractivity contribution in [3.05, 3.63) is 51.5 Å². The zero-order chi connectivity index (χ0) is 18.4. The second-order valence-electron chi connectivity index (χ2n) is 7.30. The number of esters is 1. The summed E-state index contributed by atoms with van der Waals surface area (Å²) in [6.45, 7) is 7.76. The fraction of sp³-hybridized carbons (Fsp3) is 0.364. The molecule has 0 radical (unpaired) electrons. The number of hydrogen-bond donors (Lipinski definition) is 0. The molecule has 0 bridgehead atoms. The van der Waals surface area contributed by atoms with Gasteiger partial charge in [-0.2, -0.15) is 0 Å². The number of rotatable bonds is 3. The highest BCUT2D eigenvalue weighted by Gasteiger charge is 2.27. The summed E-state index contributed by atoms with van der Waals surface area (Å²) in [5.74, 6) is -0.277. The van der Waals surface area contributed by atoms with E-state index in [0.29, 0.717) is 5.56 Å². The van der Waals surface area contributed by atoms with Gasteiger partial charge in [-0.25, -0.2) is 9.78 Å². The number of carbonyl (C=O) groups excluding carboxylic acids is 1. The van der Waals surface area contributed by atoms with Gasteiger partial charge < -0.3 is 4.74 Å². The van der Waals surface area contributed by atoms with Crippen LogP contribution in [-0.2, 0) is 17.6 Å². The van der Waals surface area contributed by atoms with Crippen LogP contribution in [-0.4, -0.2) is 17.1 Å². The maximum Gasteiger partial charge on any atom is 0.340 e. The third-order valence-corrected chi connectivity index (χ3v) is 6.11. The number of fused-ring (bicyclic) bond motifs is 3. The van der Waals surface area contributed by atoms with Crippen LogP contribution in [0.5, 0.6) is 0 Å². The zero-order valence-corrected chi connectivity index (χ0v) is 17.7. The number of benzene rings is 1. The highest BCUT2D eigenvalue weighted by molar-refractivity contribution is 7.19. The zero-order valence-electron chi connectivity index (χ0n) is 16.1. The van der Waals surface area contributed by atoms with E-state index in [2.05, 4.69) is 31.2 Å². The van der Waals surface area contributed by atoms with Crippen molar-refractivity contribution in [2.24, 2.45) is 0 Å². The number of aryl methyl sites for hydroxylation is 4. The van der Waals surface area contributed by atoms with Crippen molar-refractivity contribution in [3.63, 3.8) is 0 Å². The monoisotopic (exact) mass is 401 g/mol. The topological polar surface area (TPSA) is 39.2 Å². The van der Waals surface area contributed by atoms with Gasteiger partial charge in [0.05, 0.1) is 17.4 Å². The molecule has 1 aromatic carbocycles. The minimum Gasteiger partial charge on any atom is -0.459 e. The van der Waals surface area contributed by atoms with Gasteiger partial charge in [0, 0.05) is 15.8 Å². The molecular weight excluding hydrogens is 378 g/mol. The number of pyridine rings is 1. The molecule has 3 nitrogen and oxygen atoms in total. The van der Waals surface area contributed by atoms with Crippen molar-refractivity contribution < 1.29 is 9.53 Å². The van der Waals surface area contributed by atoms with Gasteiger partial charge in [0.2, 0.25) is 0 Å². The van der Waals surface area contributed by atoms with Crippen LogP contribution in [0.4, 0.5) is 0 Å². The molecule has 2 aromatic heterocycles. The third-order valence-electron chi connectivity index (χ3n) is 4.92. The van der Waals surface area contributed by atoms with Crippen LogP contribution in [0.15, 0.2) is 24.3 Å². The van der Waals surface area contributed by atoms with Crippen molar-refractivity contribution in [1.82, 2.24) is 4.98 Å². The first-order chi connectivity index (χ1) is 12.5. The van der Waals surface area contributed by atoms with Crippen LogP contribution in [0, 0.1) is 13.8 Å². The molecule has 0 fully saturated rings. The smallest absolute Gasteiger partial charge is 0.340 e. The lowest BCUT2D eigenvalue weighted by Crippen LogP contribution is -2.15. The van der Waals surface area contributed by atoms with E-state index in [0.717, 1.165) is 39.9 Å². The van der Waals surface area contributed by atoms with Gasteiger partial charge in [-0.15, -0.1) is 23.7 Å². The number of halogens is 1. The Morgan fingerprint density at radius 3 is 2.52 bits per heavy atom. The molecule has 0 N–H and O–H groups in total. The lowest BCUT2D eigenvalue weighted by atomic mass is 9.93. The summed E-state index contributed by atoms with van der Waals surface area (Å²) >= 11 is 1.78. The molecule has 1 aliphatic carbocycles. The molecule has 5 heteroatoms. The molecule has 0 atom stereocenters. The molecule has 0 aliphatic heterocycles. The molecule has 0 unspecified atom stereocenters. The predicted octanol–water partition coefficient (Wildman–Crippen LogP) is 6.06. The minimum absolute atomic E-state index is 0.